The summed E-state index contributed by atoms with van der Waals surface area (Å²) in [5, 5.41) is 4.22. The van der Waals surface area contributed by atoms with Gasteiger partial charge in [0.05, 0.1) is 10.2 Å². The van der Waals surface area contributed by atoms with Gasteiger partial charge >= 0.3 is 0 Å². The third kappa shape index (κ3) is 4.43. The first-order valence-electron chi connectivity index (χ1n) is 10.8. The Bertz CT molecular complexity index is 1210. The van der Waals surface area contributed by atoms with E-state index in [0.29, 0.717) is 12.4 Å². The van der Waals surface area contributed by atoms with E-state index in [-0.39, 0.29) is 11.8 Å². The fourth-order valence-corrected chi connectivity index (χ4v) is 4.97. The van der Waals surface area contributed by atoms with Crippen molar-refractivity contribution < 1.29 is 9.53 Å². The largest absolute Gasteiger partial charge is 0.439 e. The number of aromatic nitrogens is 2. The molecule has 2 aromatic carbocycles. The lowest BCUT2D eigenvalue weighted by Crippen LogP contribution is -2.37. The van der Waals surface area contributed by atoms with E-state index in [1.165, 1.54) is 0 Å². The number of piperidine rings is 1. The molecule has 162 valence electrons. The number of ether oxygens (including phenoxy) is 1. The van der Waals surface area contributed by atoms with Gasteiger partial charge in [0, 0.05) is 43.4 Å². The molecular weight excluding hydrogens is 420 g/mol. The van der Waals surface area contributed by atoms with E-state index in [9.17, 15) is 4.79 Å². The van der Waals surface area contributed by atoms with Crippen LogP contribution >= 0.6 is 11.3 Å². The molecule has 1 N–H and O–H groups in total. The number of fused-ring (bicyclic) bond motifs is 1. The lowest BCUT2D eigenvalue weighted by molar-refractivity contribution is -0.130. The van der Waals surface area contributed by atoms with Crippen molar-refractivity contribution in [1.29, 1.82) is 0 Å². The van der Waals surface area contributed by atoms with E-state index in [1.807, 2.05) is 53.4 Å². The van der Waals surface area contributed by atoms with Crippen molar-refractivity contribution in [2.45, 2.75) is 25.7 Å². The van der Waals surface area contributed by atoms with Gasteiger partial charge in [0.15, 0.2) is 5.13 Å². The number of rotatable bonds is 5. The first-order valence-corrected chi connectivity index (χ1v) is 11.6. The summed E-state index contributed by atoms with van der Waals surface area (Å²) < 4.78 is 7.31. The number of hydrogen-bond acceptors (Lipinski definition) is 6. The van der Waals surface area contributed by atoms with Gasteiger partial charge in [-0.15, -0.1) is 0 Å². The normalized spacial score (nSPS) is 16.2. The van der Waals surface area contributed by atoms with Crippen molar-refractivity contribution in [2.24, 2.45) is 0 Å². The third-order valence-electron chi connectivity index (χ3n) is 5.72. The number of nitrogens with zero attached hydrogens (tertiary/aromatic N) is 3. The number of pyridine rings is 1. The number of thiazole rings is 1. The number of amides is 1. The number of nitrogens with one attached hydrogen (secondary N) is 1. The number of anilines is 2. The van der Waals surface area contributed by atoms with Gasteiger partial charge in [-0.25, -0.2) is 9.97 Å². The van der Waals surface area contributed by atoms with Crippen LogP contribution in [0.4, 0.5) is 10.8 Å². The van der Waals surface area contributed by atoms with Gasteiger partial charge in [0.25, 0.3) is 0 Å². The molecule has 32 heavy (non-hydrogen) atoms. The molecule has 0 radical (unpaired) electrons. The monoisotopic (exact) mass is 444 g/mol. The molecule has 0 aliphatic carbocycles. The number of benzene rings is 2. The molecule has 0 spiro atoms. The maximum absolute atomic E-state index is 11.8. The highest BCUT2D eigenvalue weighted by atomic mass is 32.1. The Labute approximate surface area is 190 Å². The van der Waals surface area contributed by atoms with E-state index in [0.717, 1.165) is 51.7 Å². The number of carbonyl (C=O) groups excluding carboxylic acids is 1. The molecule has 3 heterocycles. The molecule has 1 aliphatic rings. The van der Waals surface area contributed by atoms with Crippen LogP contribution in [-0.4, -0.2) is 33.9 Å². The minimum atomic E-state index is 0.122. The highest BCUT2D eigenvalue weighted by Crippen LogP contribution is 2.35. The fourth-order valence-electron chi connectivity index (χ4n) is 4.08. The predicted octanol–water partition coefficient (Wildman–Crippen LogP) is 5.95. The zero-order valence-electron chi connectivity index (χ0n) is 17.8. The van der Waals surface area contributed by atoms with Crippen LogP contribution in [-0.2, 0) is 4.79 Å². The van der Waals surface area contributed by atoms with Gasteiger partial charge < -0.3 is 15.0 Å². The zero-order valence-corrected chi connectivity index (χ0v) is 18.6. The SMILES string of the molecule is CC(=O)N1CCC[C@H](c2cccnc2Oc2ccc(Nc3nc4ccccc4s3)cc2)C1. The van der Waals surface area contributed by atoms with Crippen molar-refractivity contribution in [1.82, 2.24) is 14.9 Å². The molecular formula is C25H24N4O2S. The molecule has 2 aromatic heterocycles. The molecule has 0 saturated carbocycles. The second kappa shape index (κ2) is 8.96. The van der Waals surface area contributed by atoms with Crippen LogP contribution in [0.25, 0.3) is 10.2 Å². The Kier molecular flexibility index (Phi) is 5.73. The average Bonchev–Trinajstić information content (AvgIpc) is 3.23. The minimum absolute atomic E-state index is 0.122. The Hall–Kier alpha value is -3.45. The predicted molar refractivity (Wildman–Crippen MR) is 128 cm³/mol. The Morgan fingerprint density at radius 2 is 1.97 bits per heavy atom. The number of carbonyl (C=O) groups is 1. The zero-order chi connectivity index (χ0) is 21.9. The molecule has 0 bridgehead atoms. The van der Waals surface area contributed by atoms with Crippen LogP contribution in [0.3, 0.4) is 0 Å². The summed E-state index contributed by atoms with van der Waals surface area (Å²) in [6.07, 6.45) is 3.76. The minimum Gasteiger partial charge on any atom is -0.439 e. The van der Waals surface area contributed by atoms with Crippen LogP contribution in [0.2, 0.25) is 0 Å². The summed E-state index contributed by atoms with van der Waals surface area (Å²) in [5.74, 6) is 1.68. The summed E-state index contributed by atoms with van der Waals surface area (Å²) in [5.41, 5.74) is 2.99. The van der Waals surface area contributed by atoms with Crippen LogP contribution in [0.15, 0.2) is 66.9 Å². The van der Waals surface area contributed by atoms with Crippen molar-refractivity contribution in [2.75, 3.05) is 18.4 Å². The highest BCUT2D eigenvalue weighted by Gasteiger charge is 2.25. The van der Waals surface area contributed by atoms with E-state index >= 15 is 0 Å². The molecule has 6 nitrogen and oxygen atoms in total. The maximum atomic E-state index is 11.8. The van der Waals surface area contributed by atoms with Gasteiger partial charge in [-0.3, -0.25) is 4.79 Å². The first kappa shape index (κ1) is 20.5. The van der Waals surface area contributed by atoms with Gasteiger partial charge in [-0.05, 0) is 55.3 Å². The standard InChI is InChI=1S/C25H24N4O2S/c1-17(30)29-15-5-6-18(16-29)21-7-4-14-26-24(21)31-20-12-10-19(11-13-20)27-25-28-22-8-2-3-9-23(22)32-25/h2-4,7-14,18H,5-6,15-16H2,1H3,(H,27,28)/t18-/m0/s1. The van der Waals surface area contributed by atoms with Crippen molar-refractivity contribution >= 4 is 38.3 Å². The molecule has 4 aromatic rings. The van der Waals surface area contributed by atoms with Crippen LogP contribution in [0.1, 0.15) is 31.2 Å². The van der Waals surface area contributed by atoms with Crippen LogP contribution in [0, 0.1) is 0 Å². The topological polar surface area (TPSA) is 67.4 Å². The molecule has 1 atom stereocenters. The number of para-hydroxylation sites is 1. The first-order chi connectivity index (χ1) is 15.7. The molecule has 1 aliphatic heterocycles. The maximum Gasteiger partial charge on any atom is 0.222 e. The van der Waals surface area contributed by atoms with E-state index in [1.54, 1.807) is 24.5 Å². The van der Waals surface area contributed by atoms with Crippen molar-refractivity contribution in [3.05, 3.63) is 72.4 Å². The van der Waals surface area contributed by atoms with Gasteiger partial charge in [0.1, 0.15) is 5.75 Å². The number of hydrogen-bond donors (Lipinski definition) is 1. The van der Waals surface area contributed by atoms with E-state index in [4.69, 9.17) is 4.74 Å². The summed E-state index contributed by atoms with van der Waals surface area (Å²) in [4.78, 5) is 22.8. The van der Waals surface area contributed by atoms with E-state index in [2.05, 4.69) is 27.4 Å². The lowest BCUT2D eigenvalue weighted by atomic mass is 9.91. The fraction of sp³-hybridized carbons (Fsp3) is 0.240. The summed E-state index contributed by atoms with van der Waals surface area (Å²) in [6.45, 7) is 3.17. The second-order valence-corrected chi connectivity index (χ2v) is 8.97. The lowest BCUT2D eigenvalue weighted by Gasteiger charge is -2.32. The van der Waals surface area contributed by atoms with Crippen LogP contribution < -0.4 is 10.1 Å². The summed E-state index contributed by atoms with van der Waals surface area (Å²) in [6, 6.07) is 19.9. The average molecular weight is 445 g/mol. The Balaban J connectivity index is 1.30. The Morgan fingerprint density at radius 1 is 1.12 bits per heavy atom. The quantitative estimate of drug-likeness (QED) is 0.412. The highest BCUT2D eigenvalue weighted by molar-refractivity contribution is 7.22. The molecule has 0 unspecified atom stereocenters. The Morgan fingerprint density at radius 3 is 2.78 bits per heavy atom. The molecule has 1 amide bonds. The second-order valence-electron chi connectivity index (χ2n) is 7.94. The van der Waals surface area contributed by atoms with Gasteiger partial charge in [-0.2, -0.15) is 0 Å². The van der Waals surface area contributed by atoms with Crippen molar-refractivity contribution in [3.8, 4) is 11.6 Å². The van der Waals surface area contributed by atoms with Crippen LogP contribution in [0.5, 0.6) is 11.6 Å². The van der Waals surface area contributed by atoms with Gasteiger partial charge in [-0.1, -0.05) is 29.5 Å². The molecule has 7 heteroatoms. The summed E-state index contributed by atoms with van der Waals surface area (Å²) in [7, 11) is 0. The van der Waals surface area contributed by atoms with Crippen molar-refractivity contribution in [3.63, 3.8) is 0 Å². The smallest absolute Gasteiger partial charge is 0.222 e. The molecule has 5 rings (SSSR count). The number of likely N-dealkylation sites (tertiary alicyclic amines) is 1. The third-order valence-corrected chi connectivity index (χ3v) is 6.67. The molecule has 1 saturated heterocycles. The van der Waals surface area contributed by atoms with E-state index < -0.39 is 0 Å². The van der Waals surface area contributed by atoms with Gasteiger partial charge in [0.2, 0.25) is 11.8 Å². The summed E-state index contributed by atoms with van der Waals surface area (Å²) >= 11 is 1.63. The molecule has 1 fully saturated rings.